The van der Waals surface area contributed by atoms with Crippen molar-refractivity contribution in [3.8, 4) is 11.5 Å². The first-order chi connectivity index (χ1) is 10.0. The fourth-order valence-corrected chi connectivity index (χ4v) is 2.50. The largest absolute Gasteiger partial charge is 0.493 e. The molecule has 0 aromatic heterocycles. The number of benzene rings is 1. The van der Waals surface area contributed by atoms with Gasteiger partial charge in [-0.05, 0) is 48.9 Å². The smallest absolute Gasteiger partial charge is 0.160 e. The molecule has 2 unspecified atom stereocenters. The van der Waals surface area contributed by atoms with E-state index in [9.17, 15) is 0 Å². The average Bonchev–Trinajstić information content (AvgIpc) is 2.50. The van der Waals surface area contributed by atoms with Crippen LogP contribution in [0.1, 0.15) is 39.7 Å². The topological polar surface area (TPSA) is 30.5 Å². The SMILES string of the molecule is CCCNC(Cc1ccc(OC)c(OC)c1)C(C)C(C)C. The Morgan fingerprint density at radius 2 is 1.71 bits per heavy atom. The molecule has 0 saturated heterocycles. The molecule has 0 fully saturated rings. The van der Waals surface area contributed by atoms with Crippen LogP contribution in [0.3, 0.4) is 0 Å². The summed E-state index contributed by atoms with van der Waals surface area (Å²) >= 11 is 0. The Kier molecular flexibility index (Phi) is 7.58. The molecule has 1 aromatic rings. The lowest BCUT2D eigenvalue weighted by Gasteiger charge is -2.28. The molecule has 0 heterocycles. The molecule has 0 aliphatic heterocycles. The summed E-state index contributed by atoms with van der Waals surface area (Å²) in [6.07, 6.45) is 2.17. The third kappa shape index (κ3) is 5.24. The van der Waals surface area contributed by atoms with E-state index < -0.39 is 0 Å². The molecule has 3 heteroatoms. The fourth-order valence-electron chi connectivity index (χ4n) is 2.50. The highest BCUT2D eigenvalue weighted by Crippen LogP contribution is 2.29. The van der Waals surface area contributed by atoms with Gasteiger partial charge in [0.2, 0.25) is 0 Å². The van der Waals surface area contributed by atoms with Crippen molar-refractivity contribution in [1.82, 2.24) is 5.32 Å². The number of rotatable bonds is 9. The molecule has 0 radical (unpaired) electrons. The highest BCUT2D eigenvalue weighted by atomic mass is 16.5. The summed E-state index contributed by atoms with van der Waals surface area (Å²) < 4.78 is 10.7. The second kappa shape index (κ2) is 8.93. The maximum Gasteiger partial charge on any atom is 0.160 e. The van der Waals surface area contributed by atoms with Gasteiger partial charge in [0.15, 0.2) is 11.5 Å². The van der Waals surface area contributed by atoms with Crippen molar-refractivity contribution >= 4 is 0 Å². The molecule has 0 aliphatic carbocycles. The second-order valence-electron chi connectivity index (χ2n) is 6.06. The van der Waals surface area contributed by atoms with E-state index in [4.69, 9.17) is 9.47 Å². The van der Waals surface area contributed by atoms with Crippen LogP contribution in [0, 0.1) is 11.8 Å². The van der Waals surface area contributed by atoms with Gasteiger partial charge in [-0.1, -0.05) is 33.8 Å². The number of methoxy groups -OCH3 is 2. The summed E-state index contributed by atoms with van der Waals surface area (Å²) in [5, 5.41) is 3.69. The zero-order valence-corrected chi connectivity index (χ0v) is 14.4. The Morgan fingerprint density at radius 1 is 1.05 bits per heavy atom. The third-order valence-electron chi connectivity index (χ3n) is 4.25. The average molecular weight is 293 g/mol. The van der Waals surface area contributed by atoms with Crippen molar-refractivity contribution in [2.24, 2.45) is 11.8 Å². The summed E-state index contributed by atoms with van der Waals surface area (Å²) in [5.74, 6) is 2.89. The van der Waals surface area contributed by atoms with Gasteiger partial charge >= 0.3 is 0 Å². The maximum atomic E-state index is 5.40. The molecular weight excluding hydrogens is 262 g/mol. The minimum Gasteiger partial charge on any atom is -0.493 e. The Hall–Kier alpha value is -1.22. The molecule has 1 aromatic carbocycles. The monoisotopic (exact) mass is 293 g/mol. The van der Waals surface area contributed by atoms with Gasteiger partial charge in [-0.2, -0.15) is 0 Å². The van der Waals surface area contributed by atoms with Gasteiger partial charge in [0, 0.05) is 6.04 Å². The van der Waals surface area contributed by atoms with Crippen LogP contribution < -0.4 is 14.8 Å². The van der Waals surface area contributed by atoms with E-state index >= 15 is 0 Å². The van der Waals surface area contributed by atoms with E-state index in [0.717, 1.165) is 30.9 Å². The predicted octanol–water partition coefficient (Wildman–Crippen LogP) is 3.91. The third-order valence-corrected chi connectivity index (χ3v) is 4.25. The first kappa shape index (κ1) is 17.8. The van der Waals surface area contributed by atoms with Crippen LogP contribution >= 0.6 is 0 Å². The molecular formula is C18H31NO2. The first-order valence-electron chi connectivity index (χ1n) is 7.97. The van der Waals surface area contributed by atoms with Crippen LogP contribution in [0.25, 0.3) is 0 Å². The molecule has 0 bridgehead atoms. The first-order valence-corrected chi connectivity index (χ1v) is 7.97. The highest BCUT2D eigenvalue weighted by Gasteiger charge is 2.20. The second-order valence-corrected chi connectivity index (χ2v) is 6.06. The molecule has 21 heavy (non-hydrogen) atoms. The molecule has 0 saturated carbocycles. The zero-order chi connectivity index (χ0) is 15.8. The van der Waals surface area contributed by atoms with Crippen LogP contribution in [-0.2, 0) is 6.42 Å². The Bertz CT molecular complexity index is 418. The van der Waals surface area contributed by atoms with Crippen molar-refractivity contribution in [1.29, 1.82) is 0 Å². The molecule has 1 rings (SSSR count). The van der Waals surface area contributed by atoms with E-state index in [0.29, 0.717) is 17.9 Å². The van der Waals surface area contributed by atoms with Crippen molar-refractivity contribution < 1.29 is 9.47 Å². The van der Waals surface area contributed by atoms with E-state index in [1.165, 1.54) is 5.56 Å². The number of nitrogens with one attached hydrogen (secondary N) is 1. The van der Waals surface area contributed by atoms with Crippen LogP contribution in [0.5, 0.6) is 11.5 Å². The van der Waals surface area contributed by atoms with Crippen molar-refractivity contribution in [3.63, 3.8) is 0 Å². The van der Waals surface area contributed by atoms with E-state index in [1.807, 2.05) is 6.07 Å². The van der Waals surface area contributed by atoms with Crippen LogP contribution in [0.4, 0.5) is 0 Å². The maximum absolute atomic E-state index is 5.40. The fraction of sp³-hybridized carbons (Fsp3) is 0.667. The number of hydrogen-bond donors (Lipinski definition) is 1. The van der Waals surface area contributed by atoms with Gasteiger partial charge in [-0.25, -0.2) is 0 Å². The van der Waals surface area contributed by atoms with Crippen LogP contribution in [0.2, 0.25) is 0 Å². The van der Waals surface area contributed by atoms with Crippen molar-refractivity contribution in [2.75, 3.05) is 20.8 Å². The van der Waals surface area contributed by atoms with E-state index in [-0.39, 0.29) is 0 Å². The molecule has 2 atom stereocenters. The Labute approximate surface area is 130 Å². The van der Waals surface area contributed by atoms with Gasteiger partial charge in [0.1, 0.15) is 0 Å². The summed E-state index contributed by atoms with van der Waals surface area (Å²) in [7, 11) is 3.36. The lowest BCUT2D eigenvalue weighted by molar-refractivity contribution is 0.296. The Balaban J connectivity index is 2.86. The van der Waals surface area contributed by atoms with E-state index in [1.54, 1.807) is 14.2 Å². The number of ether oxygens (including phenoxy) is 2. The molecule has 120 valence electrons. The molecule has 0 aliphatic rings. The molecule has 0 spiro atoms. The predicted molar refractivity (Wildman–Crippen MR) is 89.3 cm³/mol. The van der Waals surface area contributed by atoms with Gasteiger partial charge in [0.25, 0.3) is 0 Å². The lowest BCUT2D eigenvalue weighted by Crippen LogP contribution is -2.39. The standard InChI is InChI=1S/C18H31NO2/c1-7-10-19-16(14(4)13(2)3)11-15-8-9-17(20-5)18(12-15)21-6/h8-9,12-14,16,19H,7,10-11H2,1-6H3. The van der Waals surface area contributed by atoms with Crippen molar-refractivity contribution in [3.05, 3.63) is 23.8 Å². The minimum atomic E-state index is 0.489. The Morgan fingerprint density at radius 3 is 2.24 bits per heavy atom. The number of hydrogen-bond acceptors (Lipinski definition) is 3. The molecule has 0 amide bonds. The van der Waals surface area contributed by atoms with Crippen LogP contribution in [0.15, 0.2) is 18.2 Å². The van der Waals surface area contributed by atoms with Gasteiger partial charge in [-0.15, -0.1) is 0 Å². The van der Waals surface area contributed by atoms with Gasteiger partial charge < -0.3 is 14.8 Å². The van der Waals surface area contributed by atoms with Crippen LogP contribution in [-0.4, -0.2) is 26.8 Å². The lowest BCUT2D eigenvalue weighted by atomic mass is 9.86. The molecule has 3 nitrogen and oxygen atoms in total. The van der Waals surface area contributed by atoms with Gasteiger partial charge in [0.05, 0.1) is 14.2 Å². The summed E-state index contributed by atoms with van der Waals surface area (Å²) in [6, 6.07) is 6.70. The summed E-state index contributed by atoms with van der Waals surface area (Å²) in [4.78, 5) is 0. The summed E-state index contributed by atoms with van der Waals surface area (Å²) in [6.45, 7) is 10.2. The zero-order valence-electron chi connectivity index (χ0n) is 14.4. The summed E-state index contributed by atoms with van der Waals surface area (Å²) in [5.41, 5.74) is 1.29. The molecule has 1 N–H and O–H groups in total. The highest BCUT2D eigenvalue weighted by molar-refractivity contribution is 5.43. The minimum absolute atomic E-state index is 0.489. The van der Waals surface area contributed by atoms with E-state index in [2.05, 4.69) is 45.1 Å². The van der Waals surface area contributed by atoms with Gasteiger partial charge in [-0.3, -0.25) is 0 Å². The quantitative estimate of drug-likeness (QED) is 0.749. The van der Waals surface area contributed by atoms with Crippen molar-refractivity contribution in [2.45, 2.75) is 46.6 Å². The normalized spacial score (nSPS) is 14.0.